The molecule has 2 aromatic rings. The highest BCUT2D eigenvalue weighted by atomic mass is 127. The smallest absolute Gasteiger partial charge is 0.141 e. The zero-order chi connectivity index (χ0) is 14.0. The van der Waals surface area contributed by atoms with Gasteiger partial charge in [0.2, 0.25) is 0 Å². The van der Waals surface area contributed by atoms with Gasteiger partial charge in [0.05, 0.1) is 11.1 Å². The molecule has 4 heteroatoms. The summed E-state index contributed by atoms with van der Waals surface area (Å²) in [6.45, 7) is 2.01. The quantitative estimate of drug-likeness (QED) is 0.755. The first-order valence-corrected chi connectivity index (χ1v) is 7.31. The van der Waals surface area contributed by atoms with E-state index in [0.717, 1.165) is 20.3 Å². The second kappa shape index (κ2) is 6.20. The van der Waals surface area contributed by atoms with E-state index in [-0.39, 0.29) is 5.02 Å². The molecule has 0 aromatic heterocycles. The van der Waals surface area contributed by atoms with Crippen LogP contribution in [0.5, 0.6) is 0 Å². The standard InChI is InChI=1S/C15H13ClFIO/c1-9-3-2-4-11(15(9)18)14(19)8-10-5-6-13(17)12(16)7-10/h2-7,14,19H,8H2,1H3. The lowest BCUT2D eigenvalue weighted by atomic mass is 10.00. The first kappa shape index (κ1) is 14.8. The lowest BCUT2D eigenvalue weighted by Gasteiger charge is -2.14. The molecule has 0 aliphatic carbocycles. The van der Waals surface area contributed by atoms with E-state index in [0.29, 0.717) is 6.42 Å². The molecule has 0 spiro atoms. The van der Waals surface area contributed by atoms with Crippen LogP contribution in [0.1, 0.15) is 22.8 Å². The van der Waals surface area contributed by atoms with Gasteiger partial charge in [0.1, 0.15) is 5.82 Å². The Labute approximate surface area is 130 Å². The highest BCUT2D eigenvalue weighted by molar-refractivity contribution is 14.1. The van der Waals surface area contributed by atoms with Crippen molar-refractivity contribution < 1.29 is 9.50 Å². The van der Waals surface area contributed by atoms with E-state index in [1.165, 1.54) is 6.07 Å². The molecule has 0 aliphatic rings. The number of aliphatic hydroxyl groups is 1. The molecular weight excluding hydrogens is 378 g/mol. The Kier molecular flexibility index (Phi) is 4.81. The van der Waals surface area contributed by atoms with Crippen LogP contribution in [-0.4, -0.2) is 5.11 Å². The van der Waals surface area contributed by atoms with Gasteiger partial charge in [-0.3, -0.25) is 0 Å². The average Bonchev–Trinajstić information content (AvgIpc) is 2.37. The molecule has 1 N–H and O–H groups in total. The fourth-order valence-corrected chi connectivity index (χ4v) is 2.85. The molecule has 2 aromatic carbocycles. The van der Waals surface area contributed by atoms with Gasteiger partial charge in [0, 0.05) is 9.99 Å². The number of hydrogen-bond acceptors (Lipinski definition) is 1. The summed E-state index contributed by atoms with van der Waals surface area (Å²) < 4.78 is 14.1. The van der Waals surface area contributed by atoms with Gasteiger partial charge in [-0.15, -0.1) is 0 Å². The second-order valence-electron chi connectivity index (χ2n) is 4.45. The van der Waals surface area contributed by atoms with Gasteiger partial charge in [-0.1, -0.05) is 35.9 Å². The zero-order valence-electron chi connectivity index (χ0n) is 10.3. The summed E-state index contributed by atoms with van der Waals surface area (Å²) >= 11 is 7.97. The van der Waals surface area contributed by atoms with Crippen LogP contribution in [0.15, 0.2) is 36.4 Å². The van der Waals surface area contributed by atoms with E-state index in [1.807, 2.05) is 25.1 Å². The van der Waals surface area contributed by atoms with Gasteiger partial charge in [-0.2, -0.15) is 0 Å². The van der Waals surface area contributed by atoms with Crippen molar-refractivity contribution in [2.24, 2.45) is 0 Å². The minimum absolute atomic E-state index is 0.0867. The Morgan fingerprint density at radius 3 is 2.74 bits per heavy atom. The van der Waals surface area contributed by atoms with Crippen LogP contribution in [0.4, 0.5) is 4.39 Å². The number of aryl methyl sites for hydroxylation is 1. The predicted molar refractivity (Wildman–Crippen MR) is 84.0 cm³/mol. The Hall–Kier alpha value is -0.650. The highest BCUT2D eigenvalue weighted by Crippen LogP contribution is 2.26. The van der Waals surface area contributed by atoms with E-state index in [4.69, 9.17) is 11.6 Å². The lowest BCUT2D eigenvalue weighted by Crippen LogP contribution is -2.05. The summed E-state index contributed by atoms with van der Waals surface area (Å²) in [4.78, 5) is 0. The number of aliphatic hydroxyl groups excluding tert-OH is 1. The van der Waals surface area contributed by atoms with E-state index in [9.17, 15) is 9.50 Å². The average molecular weight is 391 g/mol. The van der Waals surface area contributed by atoms with Crippen LogP contribution in [0.2, 0.25) is 5.02 Å². The Balaban J connectivity index is 2.23. The van der Waals surface area contributed by atoms with Crippen LogP contribution in [0, 0.1) is 16.3 Å². The van der Waals surface area contributed by atoms with Crippen LogP contribution < -0.4 is 0 Å². The maximum atomic E-state index is 13.1. The van der Waals surface area contributed by atoms with Crippen LogP contribution in [0.25, 0.3) is 0 Å². The molecule has 19 heavy (non-hydrogen) atoms. The molecule has 2 rings (SSSR count). The largest absolute Gasteiger partial charge is 0.388 e. The van der Waals surface area contributed by atoms with Crippen molar-refractivity contribution in [2.45, 2.75) is 19.4 Å². The van der Waals surface area contributed by atoms with Gasteiger partial charge in [-0.25, -0.2) is 4.39 Å². The van der Waals surface area contributed by atoms with Crippen molar-refractivity contribution in [3.8, 4) is 0 Å². The maximum Gasteiger partial charge on any atom is 0.141 e. The summed E-state index contributed by atoms with van der Waals surface area (Å²) in [5, 5.41) is 10.4. The minimum Gasteiger partial charge on any atom is -0.388 e. The van der Waals surface area contributed by atoms with Crippen molar-refractivity contribution >= 4 is 34.2 Å². The molecule has 0 aliphatic heterocycles. The molecule has 0 bridgehead atoms. The third kappa shape index (κ3) is 3.46. The monoisotopic (exact) mass is 390 g/mol. The zero-order valence-corrected chi connectivity index (χ0v) is 13.2. The van der Waals surface area contributed by atoms with Crippen molar-refractivity contribution in [3.63, 3.8) is 0 Å². The second-order valence-corrected chi connectivity index (χ2v) is 5.93. The third-order valence-electron chi connectivity index (χ3n) is 2.99. The lowest BCUT2D eigenvalue weighted by molar-refractivity contribution is 0.177. The normalized spacial score (nSPS) is 12.5. The Bertz CT molecular complexity index is 601. The SMILES string of the molecule is Cc1cccc(C(O)Cc2ccc(F)c(Cl)c2)c1I. The number of benzene rings is 2. The molecule has 0 heterocycles. The number of halogens is 3. The highest BCUT2D eigenvalue weighted by Gasteiger charge is 2.13. The molecular formula is C15H13ClFIO. The van der Waals surface area contributed by atoms with Gasteiger partial charge >= 0.3 is 0 Å². The number of hydrogen-bond donors (Lipinski definition) is 1. The van der Waals surface area contributed by atoms with Crippen LogP contribution in [-0.2, 0) is 6.42 Å². The summed E-state index contributed by atoms with van der Waals surface area (Å²) in [6, 6.07) is 10.4. The molecule has 0 radical (unpaired) electrons. The summed E-state index contributed by atoms with van der Waals surface area (Å²) in [7, 11) is 0. The van der Waals surface area contributed by atoms with E-state index in [2.05, 4.69) is 22.6 Å². The molecule has 1 nitrogen and oxygen atoms in total. The minimum atomic E-state index is -0.617. The first-order chi connectivity index (χ1) is 8.99. The molecule has 0 amide bonds. The summed E-state index contributed by atoms with van der Waals surface area (Å²) in [5.41, 5.74) is 2.84. The fourth-order valence-electron chi connectivity index (χ4n) is 1.93. The molecule has 0 fully saturated rings. The Morgan fingerprint density at radius 2 is 2.05 bits per heavy atom. The fraction of sp³-hybridized carbons (Fsp3) is 0.200. The van der Waals surface area contributed by atoms with Gasteiger partial charge in [0.25, 0.3) is 0 Å². The van der Waals surface area contributed by atoms with E-state index < -0.39 is 11.9 Å². The van der Waals surface area contributed by atoms with Gasteiger partial charge in [-0.05, 0) is 58.3 Å². The maximum absolute atomic E-state index is 13.1. The molecule has 0 saturated heterocycles. The van der Waals surface area contributed by atoms with Crippen molar-refractivity contribution in [1.82, 2.24) is 0 Å². The van der Waals surface area contributed by atoms with Gasteiger partial charge in [0.15, 0.2) is 0 Å². The van der Waals surface area contributed by atoms with Crippen LogP contribution >= 0.6 is 34.2 Å². The third-order valence-corrected chi connectivity index (χ3v) is 4.76. The Morgan fingerprint density at radius 1 is 1.32 bits per heavy atom. The molecule has 100 valence electrons. The van der Waals surface area contributed by atoms with Crippen molar-refractivity contribution in [3.05, 3.63) is 67.5 Å². The topological polar surface area (TPSA) is 20.2 Å². The summed E-state index contributed by atoms with van der Waals surface area (Å²) in [6.07, 6.45) is -0.201. The van der Waals surface area contributed by atoms with Crippen LogP contribution in [0.3, 0.4) is 0 Å². The van der Waals surface area contributed by atoms with Crippen molar-refractivity contribution in [1.29, 1.82) is 0 Å². The molecule has 1 unspecified atom stereocenters. The number of rotatable bonds is 3. The molecule has 1 atom stereocenters. The van der Waals surface area contributed by atoms with Gasteiger partial charge < -0.3 is 5.11 Å². The van der Waals surface area contributed by atoms with E-state index >= 15 is 0 Å². The van der Waals surface area contributed by atoms with E-state index in [1.54, 1.807) is 12.1 Å². The molecule has 0 saturated carbocycles. The predicted octanol–water partition coefficient (Wildman–Crippen LogP) is 4.67. The summed E-state index contributed by atoms with van der Waals surface area (Å²) in [5.74, 6) is -0.440. The van der Waals surface area contributed by atoms with Crippen molar-refractivity contribution in [2.75, 3.05) is 0 Å². The first-order valence-electron chi connectivity index (χ1n) is 5.86.